The summed E-state index contributed by atoms with van der Waals surface area (Å²) >= 11 is 0. The van der Waals surface area contributed by atoms with Gasteiger partial charge >= 0.3 is 5.97 Å². The van der Waals surface area contributed by atoms with Gasteiger partial charge < -0.3 is 25.8 Å². The van der Waals surface area contributed by atoms with Crippen molar-refractivity contribution < 1.29 is 19.1 Å². The van der Waals surface area contributed by atoms with Gasteiger partial charge in [0.1, 0.15) is 0 Å². The van der Waals surface area contributed by atoms with E-state index in [9.17, 15) is 9.59 Å². The van der Waals surface area contributed by atoms with Gasteiger partial charge in [0.2, 0.25) is 5.91 Å². The number of hydrogen-bond donors (Lipinski definition) is 3. The molecule has 0 fully saturated rings. The zero-order valence-electron chi connectivity index (χ0n) is 11.6. The number of benzene rings is 1. The van der Waals surface area contributed by atoms with Crippen molar-refractivity contribution in [1.29, 1.82) is 0 Å². The van der Waals surface area contributed by atoms with Crippen LogP contribution in [-0.2, 0) is 14.3 Å². The van der Waals surface area contributed by atoms with Gasteiger partial charge in [-0.2, -0.15) is 0 Å². The third-order valence-electron chi connectivity index (χ3n) is 2.54. The predicted molar refractivity (Wildman–Crippen MR) is 75.6 cm³/mol. The molecule has 1 rings (SSSR count). The fourth-order valence-corrected chi connectivity index (χ4v) is 1.50. The highest BCUT2D eigenvalue weighted by Crippen LogP contribution is 2.19. The molecular weight excluding hydrogens is 262 g/mol. The smallest absolute Gasteiger partial charge is 0.337 e. The number of hydrogen-bond acceptors (Lipinski definition) is 6. The molecule has 0 heterocycles. The van der Waals surface area contributed by atoms with Gasteiger partial charge in [-0.25, -0.2) is 4.79 Å². The van der Waals surface area contributed by atoms with Crippen molar-refractivity contribution in [2.75, 3.05) is 45.0 Å². The summed E-state index contributed by atoms with van der Waals surface area (Å²) in [5.41, 5.74) is 7.12. The summed E-state index contributed by atoms with van der Waals surface area (Å²) in [6.07, 6.45) is 0. The summed E-state index contributed by atoms with van der Waals surface area (Å²) < 4.78 is 9.41. The third-order valence-corrected chi connectivity index (χ3v) is 2.54. The molecule has 0 aliphatic heterocycles. The summed E-state index contributed by atoms with van der Waals surface area (Å²) in [5.74, 6) is -0.626. The van der Waals surface area contributed by atoms with E-state index in [0.717, 1.165) is 0 Å². The minimum absolute atomic E-state index is 0.0888. The molecule has 1 aromatic rings. The largest absolute Gasteiger partial charge is 0.465 e. The molecule has 0 bridgehead atoms. The zero-order valence-corrected chi connectivity index (χ0v) is 11.6. The number of esters is 1. The molecule has 110 valence electrons. The standard InChI is InChI=1S/C13H19N3O4/c1-19-6-5-15-12(17)8-16-11-4-3-9(7-10(11)14)13(18)20-2/h3-4,7,16H,5-6,8,14H2,1-2H3,(H,15,17). The number of methoxy groups -OCH3 is 2. The normalized spacial score (nSPS) is 9.90. The van der Waals surface area contributed by atoms with Gasteiger partial charge in [-0.1, -0.05) is 0 Å². The van der Waals surface area contributed by atoms with E-state index in [4.69, 9.17) is 10.5 Å². The SMILES string of the molecule is COCCNC(=O)CNc1ccc(C(=O)OC)cc1N. The van der Waals surface area contributed by atoms with Crippen molar-refractivity contribution in [2.45, 2.75) is 0 Å². The Kier molecular flexibility index (Phi) is 6.31. The highest BCUT2D eigenvalue weighted by atomic mass is 16.5. The molecule has 20 heavy (non-hydrogen) atoms. The monoisotopic (exact) mass is 281 g/mol. The highest BCUT2D eigenvalue weighted by Gasteiger charge is 2.08. The first-order valence-corrected chi connectivity index (χ1v) is 6.05. The maximum Gasteiger partial charge on any atom is 0.337 e. The van der Waals surface area contributed by atoms with Crippen LogP contribution in [0.2, 0.25) is 0 Å². The third kappa shape index (κ3) is 4.77. The van der Waals surface area contributed by atoms with E-state index in [2.05, 4.69) is 15.4 Å². The lowest BCUT2D eigenvalue weighted by molar-refractivity contribution is -0.119. The van der Waals surface area contributed by atoms with Gasteiger partial charge in [0.05, 0.1) is 37.2 Å². The van der Waals surface area contributed by atoms with Gasteiger partial charge in [0.15, 0.2) is 0 Å². The molecule has 0 saturated carbocycles. The Morgan fingerprint density at radius 2 is 2.05 bits per heavy atom. The summed E-state index contributed by atoms with van der Waals surface area (Å²) in [7, 11) is 2.86. The van der Waals surface area contributed by atoms with E-state index in [1.165, 1.54) is 13.2 Å². The molecule has 7 heteroatoms. The molecular formula is C13H19N3O4. The van der Waals surface area contributed by atoms with Crippen molar-refractivity contribution >= 4 is 23.3 Å². The lowest BCUT2D eigenvalue weighted by Crippen LogP contribution is -2.32. The topological polar surface area (TPSA) is 103 Å². The van der Waals surface area contributed by atoms with E-state index in [-0.39, 0.29) is 12.5 Å². The van der Waals surface area contributed by atoms with Gasteiger partial charge in [-0.15, -0.1) is 0 Å². The fraction of sp³-hybridized carbons (Fsp3) is 0.385. The summed E-state index contributed by atoms with van der Waals surface area (Å²) in [5, 5.41) is 5.56. The number of nitrogens with two attached hydrogens (primary N) is 1. The Morgan fingerprint density at radius 1 is 1.30 bits per heavy atom. The average molecular weight is 281 g/mol. The number of carbonyl (C=O) groups excluding carboxylic acids is 2. The van der Waals surface area contributed by atoms with Crippen LogP contribution in [0.5, 0.6) is 0 Å². The van der Waals surface area contributed by atoms with Crippen LogP contribution in [0.25, 0.3) is 0 Å². The van der Waals surface area contributed by atoms with E-state index >= 15 is 0 Å². The number of rotatable bonds is 7. The first-order chi connectivity index (χ1) is 9.58. The fourth-order valence-electron chi connectivity index (χ4n) is 1.50. The molecule has 1 aromatic carbocycles. The molecule has 7 nitrogen and oxygen atoms in total. The minimum Gasteiger partial charge on any atom is -0.465 e. The highest BCUT2D eigenvalue weighted by molar-refractivity contribution is 5.92. The number of ether oxygens (including phenoxy) is 2. The van der Waals surface area contributed by atoms with Gasteiger partial charge in [-0.3, -0.25) is 4.79 Å². The number of amides is 1. The Labute approximate surface area is 117 Å². The number of nitrogens with one attached hydrogen (secondary N) is 2. The molecule has 0 spiro atoms. The lowest BCUT2D eigenvalue weighted by atomic mass is 10.1. The molecule has 0 atom stereocenters. The van der Waals surface area contributed by atoms with Crippen molar-refractivity contribution in [1.82, 2.24) is 5.32 Å². The predicted octanol–water partition coefficient (Wildman–Crippen LogP) is 0.230. The molecule has 1 amide bonds. The molecule has 0 radical (unpaired) electrons. The van der Waals surface area contributed by atoms with Crippen molar-refractivity contribution in [3.05, 3.63) is 23.8 Å². The second-order valence-electron chi connectivity index (χ2n) is 3.99. The Bertz CT molecular complexity index is 477. The van der Waals surface area contributed by atoms with Crippen molar-refractivity contribution in [3.63, 3.8) is 0 Å². The van der Waals surface area contributed by atoms with Crippen LogP contribution in [0.1, 0.15) is 10.4 Å². The minimum atomic E-state index is -0.458. The van der Waals surface area contributed by atoms with Crippen LogP contribution in [0.15, 0.2) is 18.2 Å². The molecule has 4 N–H and O–H groups in total. The molecule has 0 aliphatic carbocycles. The van der Waals surface area contributed by atoms with E-state index in [1.807, 2.05) is 0 Å². The quantitative estimate of drug-likeness (QED) is 0.375. The molecule has 0 aliphatic rings. The van der Waals surface area contributed by atoms with Crippen LogP contribution in [0.3, 0.4) is 0 Å². The van der Waals surface area contributed by atoms with Gasteiger partial charge in [0, 0.05) is 13.7 Å². The molecule has 0 aromatic heterocycles. The number of carbonyl (C=O) groups is 2. The Morgan fingerprint density at radius 3 is 2.65 bits per heavy atom. The Hall–Kier alpha value is -2.28. The van der Waals surface area contributed by atoms with Gasteiger partial charge in [-0.05, 0) is 18.2 Å². The maximum absolute atomic E-state index is 11.5. The van der Waals surface area contributed by atoms with Crippen LogP contribution in [-0.4, -0.2) is 45.8 Å². The number of nitrogen functional groups attached to an aromatic ring is 1. The van der Waals surface area contributed by atoms with Crippen LogP contribution in [0.4, 0.5) is 11.4 Å². The second-order valence-corrected chi connectivity index (χ2v) is 3.99. The zero-order chi connectivity index (χ0) is 15.0. The maximum atomic E-state index is 11.5. The second kappa shape index (κ2) is 8.00. The van der Waals surface area contributed by atoms with Gasteiger partial charge in [0.25, 0.3) is 0 Å². The van der Waals surface area contributed by atoms with Crippen LogP contribution >= 0.6 is 0 Å². The first-order valence-electron chi connectivity index (χ1n) is 6.05. The number of anilines is 2. The summed E-state index contributed by atoms with van der Waals surface area (Å²) in [4.78, 5) is 22.8. The van der Waals surface area contributed by atoms with Crippen molar-refractivity contribution in [3.8, 4) is 0 Å². The summed E-state index contributed by atoms with van der Waals surface area (Å²) in [6.45, 7) is 1.00. The summed E-state index contributed by atoms with van der Waals surface area (Å²) in [6, 6.07) is 4.70. The first kappa shape index (κ1) is 15.8. The van der Waals surface area contributed by atoms with Crippen LogP contribution < -0.4 is 16.4 Å². The van der Waals surface area contributed by atoms with E-state index in [1.54, 1.807) is 19.2 Å². The van der Waals surface area contributed by atoms with E-state index < -0.39 is 5.97 Å². The molecule has 0 unspecified atom stereocenters. The van der Waals surface area contributed by atoms with Crippen LogP contribution in [0, 0.1) is 0 Å². The van der Waals surface area contributed by atoms with E-state index in [0.29, 0.717) is 30.1 Å². The average Bonchev–Trinajstić information content (AvgIpc) is 2.45. The lowest BCUT2D eigenvalue weighted by Gasteiger charge is -2.10. The van der Waals surface area contributed by atoms with Crippen molar-refractivity contribution in [2.24, 2.45) is 0 Å². The molecule has 0 saturated heterocycles. The Balaban J connectivity index is 2.52.